The number of nitriles is 1. The van der Waals surface area contributed by atoms with Crippen LogP contribution in [0.1, 0.15) is 35.1 Å². The lowest BCUT2D eigenvalue weighted by Crippen LogP contribution is -2.30. The first-order chi connectivity index (χ1) is 16.3. The molecule has 0 saturated carbocycles. The molecule has 0 fully saturated rings. The predicted molar refractivity (Wildman–Crippen MR) is 131 cm³/mol. The molecule has 5 nitrogen and oxygen atoms in total. The van der Waals surface area contributed by atoms with Crippen molar-refractivity contribution in [3.63, 3.8) is 0 Å². The molecule has 0 N–H and O–H groups in total. The maximum absolute atomic E-state index is 8.96. The van der Waals surface area contributed by atoms with Crippen LogP contribution in [0.15, 0.2) is 102 Å². The molecule has 0 radical (unpaired) electrons. The van der Waals surface area contributed by atoms with Crippen LogP contribution in [0.2, 0.25) is 0 Å². The molecule has 6 heteroatoms. The number of hydrogen-bond acceptors (Lipinski definition) is 6. The van der Waals surface area contributed by atoms with Crippen LogP contribution >= 0.6 is 11.8 Å². The minimum Gasteiger partial charge on any atom is -0.280 e. The Morgan fingerprint density at radius 1 is 0.758 bits per heavy atom. The Morgan fingerprint density at radius 2 is 1.39 bits per heavy atom. The topological polar surface area (TPSA) is 65.7 Å². The highest BCUT2D eigenvalue weighted by Crippen LogP contribution is 2.32. The molecule has 33 heavy (non-hydrogen) atoms. The minimum atomic E-state index is -0.133. The fraction of sp³-hybridized carbons (Fsp3) is 0.185. The van der Waals surface area contributed by atoms with Crippen LogP contribution in [0, 0.1) is 11.3 Å². The Labute approximate surface area is 199 Å². The lowest BCUT2D eigenvalue weighted by Gasteiger charge is -2.31. The minimum absolute atomic E-state index is 0.133. The van der Waals surface area contributed by atoms with E-state index in [2.05, 4.69) is 58.4 Å². The summed E-state index contributed by atoms with van der Waals surface area (Å²) in [6.45, 7) is 1.35. The number of pyridine rings is 3. The van der Waals surface area contributed by atoms with E-state index in [0.717, 1.165) is 22.8 Å². The van der Waals surface area contributed by atoms with E-state index < -0.39 is 0 Å². The fourth-order valence-corrected chi connectivity index (χ4v) is 4.65. The van der Waals surface area contributed by atoms with Gasteiger partial charge in [0.15, 0.2) is 0 Å². The van der Waals surface area contributed by atoms with E-state index in [1.807, 2.05) is 55.0 Å². The van der Waals surface area contributed by atoms with E-state index in [9.17, 15) is 0 Å². The van der Waals surface area contributed by atoms with Crippen molar-refractivity contribution in [2.45, 2.75) is 30.4 Å². The van der Waals surface area contributed by atoms with Crippen molar-refractivity contribution in [3.8, 4) is 6.07 Å². The maximum Gasteiger partial charge on any atom is 0.0956 e. The second-order valence-corrected chi connectivity index (χ2v) is 8.64. The first-order valence-corrected chi connectivity index (χ1v) is 11.9. The van der Waals surface area contributed by atoms with Crippen molar-refractivity contribution in [2.24, 2.45) is 0 Å². The quantitative estimate of drug-likeness (QED) is 0.229. The number of rotatable bonds is 10. The molecule has 1 aromatic carbocycles. The molecule has 0 aliphatic heterocycles. The molecule has 4 rings (SSSR count). The van der Waals surface area contributed by atoms with Gasteiger partial charge in [-0.05, 0) is 48.0 Å². The summed E-state index contributed by atoms with van der Waals surface area (Å²) in [7, 11) is 0. The Hall–Kier alpha value is -3.53. The largest absolute Gasteiger partial charge is 0.280 e. The molecule has 0 aliphatic rings. The number of thioether (sulfide) groups is 1. The summed E-state index contributed by atoms with van der Waals surface area (Å²) < 4.78 is 0. The van der Waals surface area contributed by atoms with E-state index in [1.165, 1.54) is 10.5 Å². The number of hydrogen-bond donors (Lipinski definition) is 0. The summed E-state index contributed by atoms with van der Waals surface area (Å²) in [4.78, 5) is 17.6. The van der Waals surface area contributed by atoms with Gasteiger partial charge in [0.25, 0.3) is 0 Å². The summed E-state index contributed by atoms with van der Waals surface area (Å²) in [5.41, 5.74) is 4.10. The van der Waals surface area contributed by atoms with Gasteiger partial charge < -0.3 is 0 Å². The first kappa shape index (κ1) is 22.7. The van der Waals surface area contributed by atoms with Crippen LogP contribution < -0.4 is 0 Å². The molecule has 3 aromatic heterocycles. The molecule has 0 amide bonds. The SMILES string of the molecule is N#CCCSc1ccccc1CN(Cc1ccccn1)C(c1ccccn1)c1ccccn1. The van der Waals surface area contributed by atoms with Crippen LogP contribution in [-0.4, -0.2) is 25.6 Å². The molecule has 3 heterocycles. The second-order valence-electron chi connectivity index (χ2n) is 7.50. The van der Waals surface area contributed by atoms with E-state index in [-0.39, 0.29) is 6.04 Å². The molecule has 0 saturated heterocycles. The average Bonchev–Trinajstić information content (AvgIpc) is 2.87. The maximum atomic E-state index is 8.96. The van der Waals surface area contributed by atoms with Crippen LogP contribution in [0.5, 0.6) is 0 Å². The summed E-state index contributed by atoms with van der Waals surface area (Å²) in [5, 5.41) is 8.96. The fourth-order valence-electron chi connectivity index (χ4n) is 3.74. The van der Waals surface area contributed by atoms with Gasteiger partial charge >= 0.3 is 0 Å². The molecule has 0 aliphatic carbocycles. The highest BCUT2D eigenvalue weighted by atomic mass is 32.2. The Bertz CT molecular complexity index is 1120. The normalized spacial score (nSPS) is 10.9. The lowest BCUT2D eigenvalue weighted by molar-refractivity contribution is 0.196. The molecule has 164 valence electrons. The monoisotopic (exact) mass is 451 g/mol. The van der Waals surface area contributed by atoms with Crippen molar-refractivity contribution >= 4 is 11.8 Å². The molecular weight excluding hydrogens is 426 g/mol. The van der Waals surface area contributed by atoms with Crippen molar-refractivity contribution in [3.05, 3.63) is 120 Å². The molecule has 0 bridgehead atoms. The predicted octanol–water partition coefficient (Wildman–Crippen LogP) is 5.67. The summed E-state index contributed by atoms with van der Waals surface area (Å²) in [6, 6.07) is 28.5. The Kier molecular flexibility index (Phi) is 8.18. The Balaban J connectivity index is 1.74. The summed E-state index contributed by atoms with van der Waals surface area (Å²) >= 11 is 1.73. The van der Waals surface area contributed by atoms with Gasteiger partial charge in [-0.15, -0.1) is 11.8 Å². The summed E-state index contributed by atoms with van der Waals surface area (Å²) in [5.74, 6) is 0.775. The smallest absolute Gasteiger partial charge is 0.0956 e. The third-order valence-electron chi connectivity index (χ3n) is 5.21. The van der Waals surface area contributed by atoms with Crippen LogP contribution in [-0.2, 0) is 13.1 Å². The summed E-state index contributed by atoms with van der Waals surface area (Å²) in [6.07, 6.45) is 6.02. The third-order valence-corrected chi connectivity index (χ3v) is 6.33. The van der Waals surface area contributed by atoms with Crippen molar-refractivity contribution in [1.82, 2.24) is 19.9 Å². The van der Waals surface area contributed by atoms with Crippen LogP contribution in [0.4, 0.5) is 0 Å². The van der Waals surface area contributed by atoms with Gasteiger partial charge in [0.2, 0.25) is 0 Å². The second kappa shape index (κ2) is 11.9. The molecule has 0 unspecified atom stereocenters. The molecular formula is C27H25N5S. The van der Waals surface area contributed by atoms with Gasteiger partial charge in [-0.25, -0.2) is 0 Å². The van der Waals surface area contributed by atoms with E-state index in [0.29, 0.717) is 19.5 Å². The average molecular weight is 452 g/mol. The highest BCUT2D eigenvalue weighted by Gasteiger charge is 2.26. The van der Waals surface area contributed by atoms with Gasteiger partial charge in [-0.3, -0.25) is 19.9 Å². The van der Waals surface area contributed by atoms with Crippen LogP contribution in [0.3, 0.4) is 0 Å². The zero-order chi connectivity index (χ0) is 22.7. The zero-order valence-corrected chi connectivity index (χ0v) is 19.1. The van der Waals surface area contributed by atoms with Gasteiger partial charge in [0.05, 0.1) is 29.2 Å². The third kappa shape index (κ3) is 6.26. The van der Waals surface area contributed by atoms with Gasteiger partial charge in [-0.2, -0.15) is 5.26 Å². The van der Waals surface area contributed by atoms with Gasteiger partial charge in [0, 0.05) is 48.7 Å². The standard InChI is InChI=1S/C27H25N5S/c28-15-9-19-33-26-14-2-1-10-22(26)20-32(21-23-11-3-6-16-29-23)27(24-12-4-7-17-30-24)25-13-5-8-18-31-25/h1-8,10-14,16-18,27H,9,19-21H2. The van der Waals surface area contributed by atoms with E-state index in [1.54, 1.807) is 11.8 Å². The van der Waals surface area contributed by atoms with Crippen molar-refractivity contribution in [1.29, 1.82) is 5.26 Å². The van der Waals surface area contributed by atoms with Crippen LogP contribution in [0.25, 0.3) is 0 Å². The zero-order valence-electron chi connectivity index (χ0n) is 18.3. The van der Waals surface area contributed by atoms with Gasteiger partial charge in [0.1, 0.15) is 0 Å². The van der Waals surface area contributed by atoms with Crippen molar-refractivity contribution < 1.29 is 0 Å². The number of aromatic nitrogens is 3. The van der Waals surface area contributed by atoms with E-state index >= 15 is 0 Å². The van der Waals surface area contributed by atoms with Gasteiger partial charge in [-0.1, -0.05) is 36.4 Å². The number of benzene rings is 1. The lowest BCUT2D eigenvalue weighted by atomic mass is 10.0. The first-order valence-electron chi connectivity index (χ1n) is 10.9. The van der Waals surface area contributed by atoms with E-state index in [4.69, 9.17) is 15.2 Å². The Morgan fingerprint density at radius 3 is 2.00 bits per heavy atom. The van der Waals surface area contributed by atoms with Crippen molar-refractivity contribution in [2.75, 3.05) is 5.75 Å². The highest BCUT2D eigenvalue weighted by molar-refractivity contribution is 7.99. The molecule has 4 aromatic rings. The number of nitrogens with zero attached hydrogens (tertiary/aromatic N) is 5. The molecule has 0 atom stereocenters. The molecule has 0 spiro atoms.